The molecule has 0 fully saturated rings. The number of carbonyl (C=O) groups is 1. The molecule has 100 valence electrons. The predicted octanol–water partition coefficient (Wildman–Crippen LogP) is 4.08. The Balaban J connectivity index is 2.07. The molecule has 1 heterocycles. The Bertz CT molecular complexity index is 531. The second-order valence-electron chi connectivity index (χ2n) is 5.04. The minimum absolute atomic E-state index is 0.120. The molecule has 2 aromatic rings. The zero-order chi connectivity index (χ0) is 13.7. The van der Waals surface area contributed by atoms with E-state index in [1.807, 2.05) is 12.1 Å². The minimum Gasteiger partial charge on any atom is -0.352 e. The average Bonchev–Trinajstić information content (AvgIpc) is 2.89. The molecule has 0 aliphatic heterocycles. The number of amides is 1. The lowest BCUT2D eigenvalue weighted by molar-refractivity contribution is -0.121. The van der Waals surface area contributed by atoms with Crippen molar-refractivity contribution in [3.8, 4) is 11.1 Å². The SMILES string of the molecule is CC(C)CC(=O)NCc1ccccc1-c1ccsc1. The lowest BCUT2D eigenvalue weighted by Crippen LogP contribution is -2.24. The number of hydrogen-bond donors (Lipinski definition) is 1. The van der Waals surface area contributed by atoms with Crippen molar-refractivity contribution < 1.29 is 4.79 Å². The molecule has 0 bridgehead atoms. The first-order valence-electron chi connectivity index (χ1n) is 6.54. The number of rotatable bonds is 5. The van der Waals surface area contributed by atoms with Gasteiger partial charge in [-0.3, -0.25) is 4.79 Å². The summed E-state index contributed by atoms with van der Waals surface area (Å²) < 4.78 is 0. The molecule has 0 saturated heterocycles. The molecule has 0 unspecified atom stereocenters. The summed E-state index contributed by atoms with van der Waals surface area (Å²) in [6, 6.07) is 10.3. The van der Waals surface area contributed by atoms with Crippen molar-refractivity contribution >= 4 is 17.2 Å². The molecule has 0 aliphatic rings. The third-order valence-corrected chi connectivity index (χ3v) is 3.60. The van der Waals surface area contributed by atoms with Gasteiger partial charge in [-0.05, 0) is 39.4 Å². The Kier molecular flexibility index (Phi) is 4.74. The largest absolute Gasteiger partial charge is 0.352 e. The predicted molar refractivity (Wildman–Crippen MR) is 81.1 cm³/mol. The van der Waals surface area contributed by atoms with Crippen molar-refractivity contribution in [3.05, 3.63) is 46.7 Å². The van der Waals surface area contributed by atoms with Crippen LogP contribution in [0, 0.1) is 5.92 Å². The summed E-state index contributed by atoms with van der Waals surface area (Å²) in [5, 5.41) is 7.20. The highest BCUT2D eigenvalue weighted by molar-refractivity contribution is 7.08. The molecule has 19 heavy (non-hydrogen) atoms. The van der Waals surface area contributed by atoms with Crippen molar-refractivity contribution in [2.45, 2.75) is 26.8 Å². The molecule has 1 aromatic heterocycles. The van der Waals surface area contributed by atoms with Crippen LogP contribution < -0.4 is 5.32 Å². The van der Waals surface area contributed by atoms with E-state index in [-0.39, 0.29) is 5.91 Å². The highest BCUT2D eigenvalue weighted by Gasteiger charge is 2.08. The molecular weight excluding hydrogens is 254 g/mol. The van der Waals surface area contributed by atoms with E-state index < -0.39 is 0 Å². The zero-order valence-electron chi connectivity index (χ0n) is 11.3. The van der Waals surface area contributed by atoms with E-state index in [0.29, 0.717) is 18.9 Å². The summed E-state index contributed by atoms with van der Waals surface area (Å²) in [6.07, 6.45) is 0.584. The van der Waals surface area contributed by atoms with Gasteiger partial charge in [-0.1, -0.05) is 38.1 Å². The van der Waals surface area contributed by atoms with Gasteiger partial charge in [0.25, 0.3) is 0 Å². The maximum Gasteiger partial charge on any atom is 0.220 e. The Morgan fingerprint density at radius 1 is 1.26 bits per heavy atom. The van der Waals surface area contributed by atoms with Gasteiger partial charge in [-0.25, -0.2) is 0 Å². The van der Waals surface area contributed by atoms with E-state index in [2.05, 4.69) is 48.1 Å². The first-order chi connectivity index (χ1) is 9.16. The monoisotopic (exact) mass is 273 g/mol. The molecule has 0 atom stereocenters. The normalized spacial score (nSPS) is 10.7. The fourth-order valence-electron chi connectivity index (χ4n) is 2.01. The molecule has 3 heteroatoms. The number of hydrogen-bond acceptors (Lipinski definition) is 2. The first-order valence-corrected chi connectivity index (χ1v) is 7.48. The molecule has 2 rings (SSSR count). The summed E-state index contributed by atoms with van der Waals surface area (Å²) in [4.78, 5) is 11.7. The van der Waals surface area contributed by atoms with Crippen molar-refractivity contribution in [2.75, 3.05) is 0 Å². The Hall–Kier alpha value is -1.61. The zero-order valence-corrected chi connectivity index (χ0v) is 12.2. The average molecular weight is 273 g/mol. The Labute approximate surface area is 118 Å². The molecule has 1 amide bonds. The van der Waals surface area contributed by atoms with Gasteiger partial charge in [0.05, 0.1) is 0 Å². The number of nitrogens with one attached hydrogen (secondary N) is 1. The summed E-state index contributed by atoms with van der Waals surface area (Å²) in [6.45, 7) is 4.70. The first kappa shape index (κ1) is 13.8. The molecule has 0 spiro atoms. The lowest BCUT2D eigenvalue weighted by Gasteiger charge is -2.10. The quantitative estimate of drug-likeness (QED) is 0.874. The fraction of sp³-hybridized carbons (Fsp3) is 0.312. The van der Waals surface area contributed by atoms with Gasteiger partial charge in [0, 0.05) is 13.0 Å². The van der Waals surface area contributed by atoms with Crippen LogP contribution in [0.1, 0.15) is 25.8 Å². The summed E-state index contributed by atoms with van der Waals surface area (Å²) in [5.74, 6) is 0.516. The second kappa shape index (κ2) is 6.53. The molecule has 1 N–H and O–H groups in total. The molecule has 0 radical (unpaired) electrons. The molecule has 1 aromatic carbocycles. The van der Waals surface area contributed by atoms with Crippen LogP contribution in [0.3, 0.4) is 0 Å². The maximum absolute atomic E-state index is 11.7. The van der Waals surface area contributed by atoms with Crippen molar-refractivity contribution in [3.63, 3.8) is 0 Å². The van der Waals surface area contributed by atoms with Crippen LogP contribution >= 0.6 is 11.3 Å². The van der Waals surface area contributed by atoms with Crippen LogP contribution in [0.25, 0.3) is 11.1 Å². The third-order valence-electron chi connectivity index (χ3n) is 2.92. The van der Waals surface area contributed by atoms with Gasteiger partial charge < -0.3 is 5.32 Å². The van der Waals surface area contributed by atoms with Crippen molar-refractivity contribution in [1.82, 2.24) is 5.32 Å². The van der Waals surface area contributed by atoms with Gasteiger partial charge in [0.1, 0.15) is 0 Å². The number of carbonyl (C=O) groups excluding carboxylic acids is 1. The lowest BCUT2D eigenvalue weighted by atomic mass is 10.0. The van der Waals surface area contributed by atoms with Gasteiger partial charge >= 0.3 is 0 Å². The van der Waals surface area contributed by atoms with E-state index in [9.17, 15) is 4.79 Å². The molecule has 2 nitrogen and oxygen atoms in total. The van der Waals surface area contributed by atoms with Gasteiger partial charge in [0.2, 0.25) is 5.91 Å². The van der Waals surface area contributed by atoms with Crippen molar-refractivity contribution in [2.24, 2.45) is 5.92 Å². The highest BCUT2D eigenvalue weighted by Crippen LogP contribution is 2.25. The molecular formula is C16H19NOS. The minimum atomic E-state index is 0.120. The van der Waals surface area contributed by atoms with Crippen LogP contribution in [0.4, 0.5) is 0 Å². The van der Waals surface area contributed by atoms with E-state index >= 15 is 0 Å². The van der Waals surface area contributed by atoms with Crippen LogP contribution in [0.2, 0.25) is 0 Å². The Morgan fingerprint density at radius 2 is 2.05 bits per heavy atom. The van der Waals surface area contributed by atoms with Gasteiger partial charge in [-0.15, -0.1) is 0 Å². The topological polar surface area (TPSA) is 29.1 Å². The number of benzene rings is 1. The Morgan fingerprint density at radius 3 is 2.74 bits per heavy atom. The summed E-state index contributed by atoms with van der Waals surface area (Å²) >= 11 is 1.69. The van der Waals surface area contributed by atoms with Crippen LogP contribution in [0.5, 0.6) is 0 Å². The summed E-state index contributed by atoms with van der Waals surface area (Å²) in [5.41, 5.74) is 3.59. The highest BCUT2D eigenvalue weighted by atomic mass is 32.1. The van der Waals surface area contributed by atoms with Crippen LogP contribution in [-0.2, 0) is 11.3 Å². The second-order valence-corrected chi connectivity index (χ2v) is 5.82. The molecule has 0 saturated carbocycles. The third kappa shape index (κ3) is 3.93. The van der Waals surface area contributed by atoms with Crippen LogP contribution in [0.15, 0.2) is 41.1 Å². The van der Waals surface area contributed by atoms with E-state index in [1.165, 1.54) is 11.1 Å². The van der Waals surface area contributed by atoms with E-state index in [1.54, 1.807) is 11.3 Å². The fourth-order valence-corrected chi connectivity index (χ4v) is 2.67. The van der Waals surface area contributed by atoms with E-state index in [4.69, 9.17) is 0 Å². The standard InChI is InChI=1S/C16H19NOS/c1-12(2)9-16(18)17-10-13-5-3-4-6-15(13)14-7-8-19-11-14/h3-8,11-12H,9-10H2,1-2H3,(H,17,18). The van der Waals surface area contributed by atoms with Gasteiger partial charge in [0.15, 0.2) is 0 Å². The van der Waals surface area contributed by atoms with Crippen molar-refractivity contribution in [1.29, 1.82) is 0 Å². The number of thiophene rings is 1. The molecule has 0 aliphatic carbocycles. The van der Waals surface area contributed by atoms with Gasteiger partial charge in [-0.2, -0.15) is 11.3 Å². The van der Waals surface area contributed by atoms with Crippen LogP contribution in [-0.4, -0.2) is 5.91 Å². The maximum atomic E-state index is 11.7. The summed E-state index contributed by atoms with van der Waals surface area (Å²) in [7, 11) is 0. The smallest absolute Gasteiger partial charge is 0.220 e. The van der Waals surface area contributed by atoms with E-state index in [0.717, 1.165) is 5.56 Å².